The van der Waals surface area contributed by atoms with E-state index in [-0.39, 0.29) is 18.3 Å². The van der Waals surface area contributed by atoms with Crippen molar-refractivity contribution in [2.24, 2.45) is 0 Å². The van der Waals surface area contributed by atoms with Crippen LogP contribution in [0.5, 0.6) is 5.75 Å². The number of hydrogen-bond acceptors (Lipinski definition) is 5. The van der Waals surface area contributed by atoms with Gasteiger partial charge in [0.15, 0.2) is 11.0 Å². The number of allylic oxidation sites excluding steroid dienone is 1. The van der Waals surface area contributed by atoms with Gasteiger partial charge < -0.3 is 10.1 Å². The number of nitrogens with zero attached hydrogens (tertiary/aromatic N) is 3. The smallest absolute Gasteiger partial charge is 0.234 e. The van der Waals surface area contributed by atoms with Crippen LogP contribution in [0.15, 0.2) is 60.3 Å². The number of ether oxygens (including phenoxy) is 1. The van der Waals surface area contributed by atoms with E-state index in [9.17, 15) is 4.79 Å². The van der Waals surface area contributed by atoms with Crippen LogP contribution in [0, 0.1) is 13.8 Å². The molecule has 3 rings (SSSR count). The number of amides is 1. The molecule has 2 aromatic carbocycles. The molecule has 0 radical (unpaired) electrons. The van der Waals surface area contributed by atoms with Gasteiger partial charge in [-0.2, -0.15) is 0 Å². The van der Waals surface area contributed by atoms with Gasteiger partial charge in [0.2, 0.25) is 5.91 Å². The zero-order chi connectivity index (χ0) is 21.5. The van der Waals surface area contributed by atoms with Crippen molar-refractivity contribution >= 4 is 35.0 Å². The normalized spacial score (nSPS) is 10.6. The molecule has 156 valence electrons. The predicted molar refractivity (Wildman–Crippen MR) is 121 cm³/mol. The Hall–Kier alpha value is -2.77. The van der Waals surface area contributed by atoms with Crippen molar-refractivity contribution < 1.29 is 9.53 Å². The molecular weight excluding hydrogens is 420 g/mol. The first-order valence-corrected chi connectivity index (χ1v) is 10.7. The van der Waals surface area contributed by atoms with Gasteiger partial charge in [0.05, 0.1) is 16.5 Å². The van der Waals surface area contributed by atoms with E-state index in [1.165, 1.54) is 11.8 Å². The van der Waals surface area contributed by atoms with Crippen LogP contribution in [0.2, 0.25) is 5.02 Å². The van der Waals surface area contributed by atoms with Crippen LogP contribution in [-0.2, 0) is 17.9 Å². The summed E-state index contributed by atoms with van der Waals surface area (Å²) in [6.07, 6.45) is 1.76. The molecule has 1 amide bonds. The fraction of sp³-hybridized carbons (Fsp3) is 0.227. The number of thioether (sulfide) groups is 1. The van der Waals surface area contributed by atoms with Crippen LogP contribution in [0.25, 0.3) is 0 Å². The second-order valence-electron chi connectivity index (χ2n) is 6.73. The lowest BCUT2D eigenvalue weighted by Gasteiger charge is -2.10. The quantitative estimate of drug-likeness (QED) is 0.371. The molecule has 0 aliphatic carbocycles. The van der Waals surface area contributed by atoms with Crippen molar-refractivity contribution in [3.8, 4) is 5.75 Å². The highest BCUT2D eigenvalue weighted by atomic mass is 35.5. The summed E-state index contributed by atoms with van der Waals surface area (Å²) in [4.78, 5) is 12.3. The van der Waals surface area contributed by atoms with Crippen molar-refractivity contribution in [3.05, 3.63) is 77.1 Å². The molecule has 0 bridgehead atoms. The molecule has 0 aliphatic heterocycles. The van der Waals surface area contributed by atoms with Crippen molar-refractivity contribution in [3.63, 3.8) is 0 Å². The van der Waals surface area contributed by atoms with Gasteiger partial charge in [-0.1, -0.05) is 47.6 Å². The summed E-state index contributed by atoms with van der Waals surface area (Å²) in [5, 5.41) is 12.4. The van der Waals surface area contributed by atoms with E-state index in [0.29, 0.717) is 28.2 Å². The molecule has 8 heteroatoms. The third-order valence-corrected chi connectivity index (χ3v) is 5.44. The lowest BCUT2D eigenvalue weighted by atomic mass is 10.1. The Labute approximate surface area is 185 Å². The van der Waals surface area contributed by atoms with Gasteiger partial charge >= 0.3 is 0 Å². The van der Waals surface area contributed by atoms with Gasteiger partial charge in [-0.05, 0) is 49.2 Å². The number of hydrogen-bond donors (Lipinski definition) is 1. The molecule has 1 aromatic heterocycles. The van der Waals surface area contributed by atoms with E-state index < -0.39 is 0 Å². The Morgan fingerprint density at radius 1 is 1.23 bits per heavy atom. The molecular formula is C22H23ClN4O2S. The highest BCUT2D eigenvalue weighted by molar-refractivity contribution is 7.99. The Kier molecular flexibility index (Phi) is 7.54. The first-order chi connectivity index (χ1) is 14.5. The van der Waals surface area contributed by atoms with E-state index in [1.54, 1.807) is 18.2 Å². The van der Waals surface area contributed by atoms with Crippen LogP contribution in [0.1, 0.15) is 17.0 Å². The van der Waals surface area contributed by atoms with Gasteiger partial charge in [-0.15, -0.1) is 16.8 Å². The van der Waals surface area contributed by atoms with E-state index in [4.69, 9.17) is 16.3 Å². The summed E-state index contributed by atoms with van der Waals surface area (Å²) >= 11 is 7.39. The second-order valence-corrected chi connectivity index (χ2v) is 8.08. The van der Waals surface area contributed by atoms with Gasteiger partial charge in [0.25, 0.3) is 0 Å². The summed E-state index contributed by atoms with van der Waals surface area (Å²) in [5.74, 6) is 1.46. The van der Waals surface area contributed by atoms with Crippen molar-refractivity contribution in [1.82, 2.24) is 14.8 Å². The molecule has 3 aromatic rings. The number of para-hydroxylation sites is 1. The van der Waals surface area contributed by atoms with Gasteiger partial charge in [-0.25, -0.2) is 0 Å². The summed E-state index contributed by atoms with van der Waals surface area (Å²) in [6.45, 7) is 8.65. The largest absolute Gasteiger partial charge is 0.486 e. The number of aromatic nitrogens is 3. The molecule has 1 heterocycles. The van der Waals surface area contributed by atoms with E-state index >= 15 is 0 Å². The maximum Gasteiger partial charge on any atom is 0.234 e. The lowest BCUT2D eigenvalue weighted by molar-refractivity contribution is -0.113. The standard InChI is InChI=1S/C22H23ClN4O2S/c1-4-9-27-20(13-29-17-11-15(2)10-16(3)12-17)25-26-22(27)30-14-21(28)24-19-8-6-5-7-18(19)23/h4-8,10-12H,1,9,13-14H2,2-3H3,(H,24,28). The Morgan fingerprint density at radius 3 is 2.67 bits per heavy atom. The first-order valence-electron chi connectivity index (χ1n) is 9.37. The molecule has 6 nitrogen and oxygen atoms in total. The zero-order valence-corrected chi connectivity index (χ0v) is 18.5. The second kappa shape index (κ2) is 10.3. The number of aryl methyl sites for hydroxylation is 2. The van der Waals surface area contributed by atoms with E-state index in [1.807, 2.05) is 42.7 Å². The summed E-state index contributed by atoms with van der Waals surface area (Å²) in [5.41, 5.74) is 2.86. The number of benzene rings is 2. The van der Waals surface area contributed by atoms with Crippen molar-refractivity contribution in [2.75, 3.05) is 11.1 Å². The van der Waals surface area contributed by atoms with Gasteiger partial charge in [0, 0.05) is 6.54 Å². The average molecular weight is 443 g/mol. The van der Waals surface area contributed by atoms with Gasteiger partial charge in [-0.3, -0.25) is 9.36 Å². The number of carbonyl (C=O) groups excluding carboxylic acids is 1. The topological polar surface area (TPSA) is 69.0 Å². The van der Waals surface area contributed by atoms with Crippen LogP contribution in [-0.4, -0.2) is 26.4 Å². The van der Waals surface area contributed by atoms with Crippen LogP contribution >= 0.6 is 23.4 Å². The van der Waals surface area contributed by atoms with Crippen LogP contribution in [0.4, 0.5) is 5.69 Å². The van der Waals surface area contributed by atoms with E-state index in [0.717, 1.165) is 16.9 Å². The maximum absolute atomic E-state index is 12.3. The minimum atomic E-state index is -0.172. The molecule has 0 saturated carbocycles. The van der Waals surface area contributed by atoms with Crippen molar-refractivity contribution in [2.45, 2.75) is 32.2 Å². The Morgan fingerprint density at radius 2 is 1.97 bits per heavy atom. The third kappa shape index (κ3) is 5.87. The lowest BCUT2D eigenvalue weighted by Crippen LogP contribution is -2.15. The first kappa shape index (κ1) is 21.9. The summed E-state index contributed by atoms with van der Waals surface area (Å²) in [6, 6.07) is 13.2. The molecule has 1 N–H and O–H groups in total. The number of nitrogens with one attached hydrogen (secondary N) is 1. The molecule has 0 spiro atoms. The van der Waals surface area contributed by atoms with Crippen molar-refractivity contribution in [1.29, 1.82) is 0 Å². The molecule has 0 fully saturated rings. The van der Waals surface area contributed by atoms with Crippen LogP contribution < -0.4 is 10.1 Å². The Balaban J connectivity index is 1.64. The Bertz CT molecular complexity index is 1030. The minimum absolute atomic E-state index is 0.172. The van der Waals surface area contributed by atoms with E-state index in [2.05, 4.69) is 28.2 Å². The monoisotopic (exact) mass is 442 g/mol. The van der Waals surface area contributed by atoms with Gasteiger partial charge in [0.1, 0.15) is 12.4 Å². The molecule has 0 unspecified atom stereocenters. The number of anilines is 1. The maximum atomic E-state index is 12.3. The third-order valence-electron chi connectivity index (χ3n) is 4.15. The average Bonchev–Trinajstić information content (AvgIpc) is 3.08. The predicted octanol–water partition coefficient (Wildman–Crippen LogP) is 5.04. The fourth-order valence-corrected chi connectivity index (χ4v) is 3.84. The fourth-order valence-electron chi connectivity index (χ4n) is 2.89. The zero-order valence-electron chi connectivity index (χ0n) is 16.9. The highest BCUT2D eigenvalue weighted by Crippen LogP contribution is 2.23. The number of halogens is 1. The molecule has 0 saturated heterocycles. The molecule has 30 heavy (non-hydrogen) atoms. The minimum Gasteiger partial charge on any atom is -0.486 e. The summed E-state index contributed by atoms with van der Waals surface area (Å²) < 4.78 is 7.80. The van der Waals surface area contributed by atoms with Crippen LogP contribution in [0.3, 0.4) is 0 Å². The number of carbonyl (C=O) groups is 1. The SMILES string of the molecule is C=CCn1c(COc2cc(C)cc(C)c2)nnc1SCC(=O)Nc1ccccc1Cl. The highest BCUT2D eigenvalue weighted by Gasteiger charge is 2.15. The summed E-state index contributed by atoms with van der Waals surface area (Å²) in [7, 11) is 0. The molecule has 0 aliphatic rings. The molecule has 0 atom stereocenters. The number of rotatable bonds is 9.